The van der Waals surface area contributed by atoms with Gasteiger partial charge in [0, 0.05) is 19.4 Å². The predicted octanol–water partition coefficient (Wildman–Crippen LogP) is -8.17. The molecule has 1 aliphatic rings. The molecular weight excluding hydrogens is 1600 g/mol. The van der Waals surface area contributed by atoms with E-state index in [4.69, 9.17) is 22.3 Å². The van der Waals surface area contributed by atoms with Crippen molar-refractivity contribution in [2.75, 3.05) is 45.9 Å². The van der Waals surface area contributed by atoms with Crippen molar-refractivity contribution in [3.63, 3.8) is 0 Å². The Bertz CT molecular complexity index is 3550. The van der Waals surface area contributed by atoms with Gasteiger partial charge < -0.3 is 138 Å². The van der Waals surface area contributed by atoms with E-state index in [-0.39, 0.29) is 63.5 Å². The summed E-state index contributed by atoms with van der Waals surface area (Å²) in [6.07, 6.45) is -2.93. The number of aliphatic hydroxyl groups excluding tert-OH is 3. The highest BCUT2D eigenvalue weighted by Crippen LogP contribution is 2.22. The van der Waals surface area contributed by atoms with Gasteiger partial charge in [0.1, 0.15) is 84.6 Å². The highest BCUT2D eigenvalue weighted by Gasteiger charge is 2.42. The van der Waals surface area contributed by atoms with Crippen molar-refractivity contribution in [1.29, 1.82) is 0 Å². The number of aliphatic hydroxyl groups is 3. The third kappa shape index (κ3) is 39.9. The van der Waals surface area contributed by atoms with E-state index in [2.05, 4.69) is 74.4 Å². The Balaban J connectivity index is 3.28. The average molecular weight is 1730 g/mol. The minimum absolute atomic E-state index is 0.0107. The lowest BCUT2D eigenvalue weighted by molar-refractivity contribution is -0.144. The summed E-state index contributed by atoms with van der Waals surface area (Å²) in [5.41, 5.74) is 17.2. The molecule has 0 aromatic heterocycles. The van der Waals surface area contributed by atoms with Gasteiger partial charge in [0.2, 0.25) is 94.5 Å². The molecule has 0 aliphatic carbocycles. The normalized spacial score (nSPS) is 16.3. The largest absolute Gasteiger partial charge is 0.481 e. The molecule has 46 heteroatoms. The number of likely N-dealkylation sites (tertiary alicyclic amines) is 1. The topological polar surface area (TPSA) is 745 Å². The molecule has 1 aliphatic heterocycles. The molecule has 46 nitrogen and oxygen atoms in total. The van der Waals surface area contributed by atoms with Crippen molar-refractivity contribution in [1.82, 2.24) is 84.7 Å². The number of nitrogens with zero attached hydrogens (tertiary/aromatic N) is 1. The van der Waals surface area contributed by atoms with Crippen molar-refractivity contribution >= 4 is 118 Å². The van der Waals surface area contributed by atoms with Crippen LogP contribution in [0.4, 0.5) is 0 Å². The summed E-state index contributed by atoms with van der Waals surface area (Å²) in [5, 5.41) is 104. The first kappa shape index (κ1) is 108. The standard InChI is InChI=1S/C75H129N19O27/c1-35(2)28-46(86-63(108)43(19-14-16-26-77)83-67(112)49(33-95)88-62(107)42(78)18-13-15-25-76)65(110)81-40(11)61(106)85-47(30-56(104)105)66(111)90-58(38(7)8)71(116)91-59(39(9)10)72(117)93-60(41(12)97)73(118)92-57(37(5)6)70(115)89-50(34-96)68(113)87-48(29-36(3)4)74(119)94-27-17-20-51(94)69(114)80-31-52(98)79-32-53(99)82-44(21-23-54(100)101)64(109)84-45(75(120)121)22-24-55(102)103/h35-51,57-60,95-97H,13-34,76-78H2,1-12H3,(H,79,98)(H,80,114)(H,81,110)(H,82,99)(H,83,112)(H,84,109)(H,85,106)(H,86,108)(H,87,113)(H,88,107)(H,89,115)(H,90,111)(H,91,116)(H,92,118)(H,93,117)(H,100,101)(H,102,103)(H,104,105)(H,120,121)/t40-,41+,42-,43-,44-,45-,46-,47-,48-,49-,50-,51-,57-,58-,59-,60-/m0/s1. The molecular formula is C75H129N19O27. The van der Waals surface area contributed by atoms with Crippen LogP contribution in [-0.4, -0.2) is 302 Å². The van der Waals surface area contributed by atoms with Crippen molar-refractivity contribution in [3.05, 3.63) is 0 Å². The Hall–Kier alpha value is -10.8. The Morgan fingerprint density at radius 3 is 1.22 bits per heavy atom. The summed E-state index contributed by atoms with van der Waals surface area (Å²) in [7, 11) is 0. The van der Waals surface area contributed by atoms with Crippen LogP contribution < -0.4 is 97.0 Å². The molecule has 686 valence electrons. The molecule has 1 fully saturated rings. The predicted molar refractivity (Wildman–Crippen MR) is 428 cm³/mol. The maximum Gasteiger partial charge on any atom is 0.326 e. The second-order valence-corrected chi connectivity index (χ2v) is 31.5. The van der Waals surface area contributed by atoms with E-state index in [0.29, 0.717) is 32.2 Å². The zero-order valence-corrected chi connectivity index (χ0v) is 70.7. The van der Waals surface area contributed by atoms with Crippen LogP contribution in [0.3, 0.4) is 0 Å². The lowest BCUT2D eigenvalue weighted by Crippen LogP contribution is -2.63. The summed E-state index contributed by atoms with van der Waals surface area (Å²) in [4.78, 5) is 266. The van der Waals surface area contributed by atoms with Crippen LogP contribution in [0.1, 0.15) is 179 Å². The molecule has 121 heavy (non-hydrogen) atoms. The van der Waals surface area contributed by atoms with E-state index in [1.165, 1.54) is 48.5 Å². The highest BCUT2D eigenvalue weighted by atomic mass is 16.4. The number of aliphatic carboxylic acids is 4. The van der Waals surface area contributed by atoms with Crippen molar-refractivity contribution in [2.24, 2.45) is 46.8 Å². The van der Waals surface area contributed by atoms with Crippen molar-refractivity contribution < 1.29 is 132 Å². The lowest BCUT2D eigenvalue weighted by Gasteiger charge is -2.31. The lowest BCUT2D eigenvalue weighted by atomic mass is 9.98. The first-order valence-corrected chi connectivity index (χ1v) is 40.3. The summed E-state index contributed by atoms with van der Waals surface area (Å²) in [6.45, 7) is 15.0. The fourth-order valence-electron chi connectivity index (χ4n) is 12.2. The van der Waals surface area contributed by atoms with Gasteiger partial charge in [-0.2, -0.15) is 0 Å². The number of rotatable bonds is 58. The minimum atomic E-state index is -1.93. The number of nitrogens with one attached hydrogen (secondary N) is 15. The molecule has 16 amide bonds. The van der Waals surface area contributed by atoms with Crippen LogP contribution >= 0.6 is 0 Å². The Labute approximate surface area is 701 Å². The first-order chi connectivity index (χ1) is 56.5. The third-order valence-corrected chi connectivity index (χ3v) is 19.0. The van der Waals surface area contributed by atoms with Gasteiger partial charge in [0.05, 0.1) is 44.9 Å². The Kier molecular flexibility index (Phi) is 49.3. The van der Waals surface area contributed by atoms with E-state index >= 15 is 0 Å². The highest BCUT2D eigenvalue weighted by molar-refractivity contribution is 6.01. The third-order valence-electron chi connectivity index (χ3n) is 19.0. The van der Waals surface area contributed by atoms with E-state index in [1.807, 2.05) is 5.32 Å². The number of unbranched alkanes of at least 4 members (excludes halogenated alkanes) is 2. The van der Waals surface area contributed by atoms with Crippen LogP contribution in [0, 0.1) is 29.6 Å². The van der Waals surface area contributed by atoms with Crippen LogP contribution in [0.25, 0.3) is 0 Å². The van der Waals surface area contributed by atoms with E-state index in [9.17, 15) is 127 Å². The average Bonchev–Trinajstić information content (AvgIpc) is 1.71. The number of nitrogens with two attached hydrogens (primary N) is 3. The van der Waals surface area contributed by atoms with Crippen LogP contribution in [0.5, 0.6) is 0 Å². The number of carbonyl (C=O) groups excluding carboxylic acids is 16. The smallest absolute Gasteiger partial charge is 0.326 e. The van der Waals surface area contributed by atoms with Gasteiger partial charge in [0.25, 0.3) is 0 Å². The molecule has 1 heterocycles. The van der Waals surface area contributed by atoms with Crippen LogP contribution in [0.15, 0.2) is 0 Å². The quantitative estimate of drug-likeness (QED) is 0.0252. The monoisotopic (exact) mass is 1730 g/mol. The molecule has 1 saturated heterocycles. The molecule has 0 aromatic carbocycles. The second kappa shape index (κ2) is 55.2. The molecule has 0 aromatic rings. The fraction of sp³-hybridized carbons (Fsp3) is 0.733. The first-order valence-electron chi connectivity index (χ1n) is 40.3. The van der Waals surface area contributed by atoms with Gasteiger partial charge in [-0.3, -0.25) is 91.1 Å². The number of hydrogen-bond donors (Lipinski definition) is 25. The molecule has 16 atom stereocenters. The number of carbonyl (C=O) groups is 20. The van der Waals surface area contributed by atoms with Gasteiger partial charge >= 0.3 is 23.9 Å². The Morgan fingerprint density at radius 2 is 0.760 bits per heavy atom. The molecule has 0 bridgehead atoms. The number of amides is 16. The summed E-state index contributed by atoms with van der Waals surface area (Å²) in [5.74, 6) is -25.1. The van der Waals surface area contributed by atoms with Crippen molar-refractivity contribution in [3.8, 4) is 0 Å². The van der Waals surface area contributed by atoms with Crippen molar-refractivity contribution in [2.45, 2.75) is 276 Å². The number of carboxylic acid groups (broad SMARTS) is 4. The molecule has 0 spiro atoms. The molecule has 1 rings (SSSR count). The second-order valence-electron chi connectivity index (χ2n) is 31.5. The van der Waals surface area contributed by atoms with Crippen LogP contribution in [0.2, 0.25) is 0 Å². The summed E-state index contributed by atoms with van der Waals surface area (Å²) in [6, 6.07) is -23.2. The van der Waals surface area contributed by atoms with Gasteiger partial charge in [-0.1, -0.05) is 75.7 Å². The van der Waals surface area contributed by atoms with E-state index in [0.717, 1.165) is 11.8 Å². The molecule has 0 unspecified atom stereocenters. The molecule has 0 saturated carbocycles. The van der Waals surface area contributed by atoms with Gasteiger partial charge in [-0.05, 0) is 127 Å². The van der Waals surface area contributed by atoms with E-state index in [1.54, 1.807) is 27.7 Å². The molecule has 28 N–H and O–H groups in total. The van der Waals surface area contributed by atoms with Gasteiger partial charge in [0.15, 0.2) is 0 Å². The zero-order chi connectivity index (χ0) is 92.4. The minimum Gasteiger partial charge on any atom is -0.481 e. The zero-order valence-electron chi connectivity index (χ0n) is 70.7. The summed E-state index contributed by atoms with van der Waals surface area (Å²) < 4.78 is 0. The molecule has 0 radical (unpaired) electrons. The SMILES string of the molecule is CC(C)C[C@H](NC(=O)[C@H](CCCCN)NC(=O)[C@H](CO)NC(=O)[C@@H](N)CCCCN)C(=O)N[C@@H](C)C(=O)N[C@@H](CC(=O)O)C(=O)N[C@H](C(=O)N[C@H](C(=O)N[C@H](C(=O)N[C@H](C(=O)N[C@@H](CO)C(=O)N[C@@H](CC(C)C)C(=O)N1CCC[C@H]1C(=O)NCC(=O)NCC(=O)N[C@@H](CCC(=O)O)C(=O)N[C@@H](CCC(=O)O)C(=O)O)C(C)C)[C@@H](C)O)C(C)C)C(C)C. The van der Waals surface area contributed by atoms with Crippen LogP contribution in [-0.2, 0) is 95.9 Å². The number of carboxylic acids is 4. The number of hydrogen-bond acceptors (Lipinski definition) is 26. The van der Waals surface area contributed by atoms with Gasteiger partial charge in [-0.25, -0.2) is 4.79 Å². The van der Waals surface area contributed by atoms with Gasteiger partial charge in [-0.15, -0.1) is 0 Å². The Morgan fingerprint density at radius 1 is 0.380 bits per heavy atom. The maximum absolute atomic E-state index is 14.3. The van der Waals surface area contributed by atoms with E-state index < -0.39 is 291 Å². The fourth-order valence-corrected chi connectivity index (χ4v) is 12.2. The summed E-state index contributed by atoms with van der Waals surface area (Å²) >= 11 is 0. The maximum atomic E-state index is 14.3.